The maximum atomic E-state index is 12.5. The number of esters is 1. The molecule has 230 valence electrons. The molecular formula is C32H48N4O5Si. The molecule has 10 heteroatoms. The lowest BCUT2D eigenvalue weighted by Gasteiger charge is -2.36. The number of imidazole rings is 1. The highest BCUT2D eigenvalue weighted by atomic mass is 28.4. The predicted molar refractivity (Wildman–Crippen MR) is 168 cm³/mol. The number of carbonyl (C=O) groups excluding carboxylic acids is 1. The van der Waals surface area contributed by atoms with Crippen LogP contribution in [0.25, 0.3) is 11.0 Å². The Morgan fingerprint density at radius 1 is 1.21 bits per heavy atom. The van der Waals surface area contributed by atoms with Crippen LogP contribution in [0.1, 0.15) is 67.7 Å². The van der Waals surface area contributed by atoms with E-state index in [1.165, 1.54) is 7.11 Å². The number of rotatable bonds is 14. The first-order chi connectivity index (χ1) is 19.9. The average molecular weight is 597 g/mol. The second-order valence-electron chi connectivity index (χ2n) is 12.9. The summed E-state index contributed by atoms with van der Waals surface area (Å²) < 4.78 is 23.4. The smallest absolute Gasteiger partial charge is 0.337 e. The average Bonchev–Trinajstić information content (AvgIpc) is 3.38. The van der Waals surface area contributed by atoms with Gasteiger partial charge in [-0.05, 0) is 79.7 Å². The van der Waals surface area contributed by atoms with Crippen LogP contribution < -0.4 is 5.32 Å². The molecule has 0 saturated carbocycles. The van der Waals surface area contributed by atoms with Crippen LogP contribution in [0, 0.1) is 12.8 Å². The molecule has 2 unspecified atom stereocenters. The van der Waals surface area contributed by atoms with Crippen molar-refractivity contribution in [2.24, 2.45) is 5.92 Å². The number of nitrogens with one attached hydrogen (secondary N) is 2. The molecule has 4 rings (SSSR count). The van der Waals surface area contributed by atoms with Crippen molar-refractivity contribution in [1.29, 1.82) is 0 Å². The van der Waals surface area contributed by atoms with Crippen LogP contribution in [0.15, 0.2) is 30.6 Å². The molecule has 3 aromatic rings. The number of hydrogen-bond donors (Lipinski definition) is 2. The summed E-state index contributed by atoms with van der Waals surface area (Å²) in [5.41, 5.74) is 5.09. The van der Waals surface area contributed by atoms with Crippen LogP contribution in [0.2, 0.25) is 18.1 Å². The third-order valence-electron chi connectivity index (χ3n) is 8.64. The highest BCUT2D eigenvalue weighted by molar-refractivity contribution is 6.74. The Morgan fingerprint density at radius 2 is 1.98 bits per heavy atom. The fourth-order valence-electron chi connectivity index (χ4n) is 4.95. The largest absolute Gasteiger partial charge is 0.465 e. The minimum atomic E-state index is -1.91. The third kappa shape index (κ3) is 7.97. The molecular weight excluding hydrogens is 548 g/mol. The zero-order valence-electron chi connectivity index (χ0n) is 26.5. The first-order valence-corrected chi connectivity index (χ1v) is 17.9. The van der Waals surface area contributed by atoms with E-state index in [1.807, 2.05) is 13.0 Å². The normalized spacial score (nSPS) is 15.8. The summed E-state index contributed by atoms with van der Waals surface area (Å²) in [4.78, 5) is 25.0. The lowest BCUT2D eigenvalue weighted by molar-refractivity contribution is -0.0558. The third-order valence-corrected chi connectivity index (χ3v) is 13.1. The molecule has 0 aliphatic carbocycles. The Kier molecular flexibility index (Phi) is 10.5. The number of H-pyrrole nitrogens is 1. The molecule has 1 aromatic carbocycles. The van der Waals surface area contributed by atoms with Crippen LogP contribution in [0.4, 0.5) is 5.82 Å². The number of benzene rings is 1. The number of pyridine rings is 1. The van der Waals surface area contributed by atoms with Gasteiger partial charge in [-0.2, -0.15) is 0 Å². The van der Waals surface area contributed by atoms with E-state index in [-0.39, 0.29) is 23.2 Å². The molecule has 3 heterocycles. The first-order valence-electron chi connectivity index (χ1n) is 15.0. The van der Waals surface area contributed by atoms with Crippen LogP contribution >= 0.6 is 0 Å². The number of nitrogens with zero attached hydrogens (tertiary/aromatic N) is 2. The Labute approximate surface area is 251 Å². The zero-order valence-corrected chi connectivity index (χ0v) is 27.5. The fraction of sp³-hybridized carbons (Fsp3) is 0.594. The molecule has 1 saturated heterocycles. The lowest BCUT2D eigenvalue weighted by Crippen LogP contribution is -2.40. The molecule has 1 aliphatic heterocycles. The highest BCUT2D eigenvalue weighted by Crippen LogP contribution is 2.37. The number of aryl methyl sites for hydroxylation is 1. The van der Waals surface area contributed by atoms with Crippen molar-refractivity contribution in [3.8, 4) is 0 Å². The van der Waals surface area contributed by atoms with Gasteiger partial charge in [-0.3, -0.25) is 0 Å². The van der Waals surface area contributed by atoms with Gasteiger partial charge in [0.25, 0.3) is 0 Å². The number of anilines is 1. The van der Waals surface area contributed by atoms with Gasteiger partial charge in [0, 0.05) is 18.2 Å². The van der Waals surface area contributed by atoms with Crippen molar-refractivity contribution in [3.63, 3.8) is 0 Å². The highest BCUT2D eigenvalue weighted by Gasteiger charge is 2.37. The first kappa shape index (κ1) is 32.1. The number of methoxy groups -OCH3 is 1. The minimum absolute atomic E-state index is 0.0833. The van der Waals surface area contributed by atoms with Crippen LogP contribution in [-0.4, -0.2) is 68.3 Å². The summed E-state index contributed by atoms with van der Waals surface area (Å²) in [6, 6.07) is 7.71. The van der Waals surface area contributed by atoms with Gasteiger partial charge in [0.2, 0.25) is 0 Å². The molecule has 42 heavy (non-hydrogen) atoms. The number of ether oxygens (including phenoxy) is 3. The Bertz CT molecular complexity index is 1350. The van der Waals surface area contributed by atoms with Crippen molar-refractivity contribution in [1.82, 2.24) is 15.0 Å². The molecule has 2 N–H and O–H groups in total. The SMILES string of the molecule is CCC(OCCC1COC1)C(Cc1cc(C(=O)OC)cc2nc[nH]c12)Nc1cc(CO[Si](C)(C)C(C)(C)C)cc(C)n1. The Hall–Kier alpha value is -2.79. The van der Waals surface area contributed by atoms with E-state index in [0.29, 0.717) is 31.1 Å². The van der Waals surface area contributed by atoms with E-state index in [2.05, 4.69) is 68.2 Å². The van der Waals surface area contributed by atoms with Gasteiger partial charge in [-0.15, -0.1) is 0 Å². The summed E-state index contributed by atoms with van der Waals surface area (Å²) in [6.45, 7) is 18.3. The summed E-state index contributed by atoms with van der Waals surface area (Å²) in [7, 11) is -0.512. The van der Waals surface area contributed by atoms with Crippen molar-refractivity contribution >= 4 is 31.1 Å². The minimum Gasteiger partial charge on any atom is -0.465 e. The van der Waals surface area contributed by atoms with Crippen LogP contribution in [-0.2, 0) is 31.7 Å². The van der Waals surface area contributed by atoms with E-state index in [9.17, 15) is 4.79 Å². The van der Waals surface area contributed by atoms with Gasteiger partial charge in [0.15, 0.2) is 8.32 Å². The summed E-state index contributed by atoms with van der Waals surface area (Å²) >= 11 is 0. The number of aromatic amines is 1. The predicted octanol–water partition coefficient (Wildman–Crippen LogP) is 6.43. The number of fused-ring (bicyclic) bond motifs is 1. The van der Waals surface area contributed by atoms with Crippen molar-refractivity contribution in [2.75, 3.05) is 32.2 Å². The second-order valence-corrected chi connectivity index (χ2v) is 17.7. The number of carbonyl (C=O) groups is 1. The molecule has 2 aromatic heterocycles. The molecule has 1 fully saturated rings. The Morgan fingerprint density at radius 3 is 2.62 bits per heavy atom. The van der Waals surface area contributed by atoms with Crippen molar-refractivity contribution in [3.05, 3.63) is 53.0 Å². The quantitative estimate of drug-likeness (QED) is 0.162. The molecule has 0 radical (unpaired) electrons. The molecule has 2 atom stereocenters. The van der Waals surface area contributed by atoms with Crippen LogP contribution in [0.3, 0.4) is 0 Å². The molecule has 0 bridgehead atoms. The summed E-state index contributed by atoms with van der Waals surface area (Å²) in [6.07, 6.45) is 3.96. The van der Waals surface area contributed by atoms with Gasteiger partial charge >= 0.3 is 5.97 Å². The maximum absolute atomic E-state index is 12.5. The topological polar surface area (TPSA) is 108 Å². The number of hydrogen-bond acceptors (Lipinski definition) is 8. The molecule has 1 aliphatic rings. The Balaban J connectivity index is 1.61. The lowest BCUT2D eigenvalue weighted by atomic mass is 9.96. The van der Waals surface area contributed by atoms with Gasteiger partial charge in [0.05, 0.1) is 62.0 Å². The number of aromatic nitrogens is 3. The van der Waals surface area contributed by atoms with E-state index in [0.717, 1.165) is 59.7 Å². The fourth-order valence-corrected chi connectivity index (χ4v) is 5.91. The van der Waals surface area contributed by atoms with Crippen molar-refractivity contribution in [2.45, 2.75) is 90.8 Å². The van der Waals surface area contributed by atoms with Gasteiger partial charge < -0.3 is 28.9 Å². The molecule has 9 nitrogen and oxygen atoms in total. The molecule has 0 spiro atoms. The van der Waals surface area contributed by atoms with Gasteiger partial charge in [0.1, 0.15) is 5.82 Å². The summed E-state index contributed by atoms with van der Waals surface area (Å²) in [5.74, 6) is 0.966. The van der Waals surface area contributed by atoms with Crippen LogP contribution in [0.5, 0.6) is 0 Å². The van der Waals surface area contributed by atoms with Gasteiger partial charge in [-0.1, -0.05) is 27.7 Å². The van der Waals surface area contributed by atoms with E-state index < -0.39 is 8.32 Å². The van der Waals surface area contributed by atoms with E-state index >= 15 is 0 Å². The second kappa shape index (κ2) is 13.7. The zero-order chi connectivity index (χ0) is 30.5. The molecule has 0 amide bonds. The monoisotopic (exact) mass is 596 g/mol. The van der Waals surface area contributed by atoms with E-state index in [1.54, 1.807) is 12.4 Å². The van der Waals surface area contributed by atoms with Crippen molar-refractivity contribution < 1.29 is 23.4 Å². The summed E-state index contributed by atoms with van der Waals surface area (Å²) in [5, 5.41) is 3.85. The maximum Gasteiger partial charge on any atom is 0.337 e. The standard InChI is InChI=1S/C32H48N4O5Si/c1-9-28(40-11-10-22-17-39-18-22)26(15-24-14-25(31(37)38-6)16-27-30(24)34-20-33-27)36-29-13-23(12-21(2)35-29)19-41-42(7,8)32(3,4)5/h12-14,16,20,22,26,28H,9-11,15,17-19H2,1-8H3,(H,33,34)(H,35,36). The van der Waals surface area contributed by atoms with E-state index in [4.69, 9.17) is 23.6 Å². The van der Waals surface area contributed by atoms with Gasteiger partial charge in [-0.25, -0.2) is 14.8 Å².